The van der Waals surface area contributed by atoms with Crippen molar-refractivity contribution in [2.45, 2.75) is 32.4 Å². The number of para-hydroxylation sites is 1. The molecule has 8 nitrogen and oxygen atoms in total. The van der Waals surface area contributed by atoms with Crippen molar-refractivity contribution in [1.29, 1.82) is 0 Å². The summed E-state index contributed by atoms with van der Waals surface area (Å²) in [6.45, 7) is 8.29. The number of rotatable bonds is 10. The monoisotopic (exact) mass is 427 g/mol. The fraction of sp³-hybridized carbons (Fsp3) is 0.381. The van der Waals surface area contributed by atoms with E-state index in [2.05, 4.69) is 34.9 Å². The minimum atomic E-state index is -1.11. The van der Waals surface area contributed by atoms with Gasteiger partial charge in [-0.15, -0.1) is 10.2 Å². The zero-order valence-electron chi connectivity index (χ0n) is 18.0. The molecular weight excluding hydrogens is 398 g/mol. The van der Waals surface area contributed by atoms with Gasteiger partial charge in [0.15, 0.2) is 12.6 Å². The Morgan fingerprint density at radius 2 is 1.90 bits per heavy atom. The molecule has 0 radical (unpaired) electrons. The molecule has 0 amide bonds. The maximum atomic E-state index is 6.11. The summed E-state index contributed by atoms with van der Waals surface area (Å²) < 4.78 is 18.2. The van der Waals surface area contributed by atoms with Gasteiger partial charge in [-0.05, 0) is 24.2 Å². The molecule has 2 heterocycles. The molecule has 1 aromatic carbocycles. The van der Waals surface area contributed by atoms with Crippen LogP contribution in [0.25, 0.3) is 22.4 Å². The van der Waals surface area contributed by atoms with E-state index in [1.807, 2.05) is 36.5 Å². The van der Waals surface area contributed by atoms with Crippen LogP contribution < -0.4 is 10.5 Å². The smallest absolute Gasteiger partial charge is 0.188 e. The number of nitrogens with zero attached hydrogens (tertiary/aromatic N) is 4. The number of nitrogens with two attached hydrogens (primary N) is 1. The molecule has 0 spiro atoms. The second kappa shape index (κ2) is 9.83. The van der Waals surface area contributed by atoms with Gasteiger partial charge in [0.1, 0.15) is 12.5 Å². The lowest BCUT2D eigenvalue weighted by atomic mass is 10.1. The van der Waals surface area contributed by atoms with Crippen molar-refractivity contribution in [2.75, 3.05) is 26.2 Å². The topological polar surface area (TPSA) is 97.3 Å². The quantitative estimate of drug-likeness (QED) is 0.298. The lowest BCUT2D eigenvalue weighted by Gasteiger charge is -2.15. The van der Waals surface area contributed by atoms with Crippen molar-refractivity contribution in [3.8, 4) is 28.1 Å². The van der Waals surface area contributed by atoms with Gasteiger partial charge in [-0.1, -0.05) is 31.8 Å². The molecule has 0 aliphatic heterocycles. The summed E-state index contributed by atoms with van der Waals surface area (Å²) in [6.07, 6.45) is 3.66. The number of benzene rings is 1. The molecule has 0 fully saturated rings. The first-order chi connectivity index (χ1) is 14.4. The summed E-state index contributed by atoms with van der Waals surface area (Å²) in [6, 6.07) is 10.6. The van der Waals surface area contributed by atoms with Gasteiger partial charge in [-0.25, -0.2) is 4.68 Å². The SMILES string of the molecule is COCOc1ccccc1-c1cc(-c2cnn(COCC[Si](C)(C)C)c2)c(N)nn1. The molecule has 0 saturated heterocycles. The van der Waals surface area contributed by atoms with Crippen LogP contribution in [0.5, 0.6) is 5.75 Å². The molecule has 0 aliphatic rings. The highest BCUT2D eigenvalue weighted by molar-refractivity contribution is 6.76. The lowest BCUT2D eigenvalue weighted by molar-refractivity contribution is 0.0515. The van der Waals surface area contributed by atoms with Crippen LogP contribution in [0.15, 0.2) is 42.7 Å². The van der Waals surface area contributed by atoms with Crippen molar-refractivity contribution in [2.24, 2.45) is 0 Å². The maximum absolute atomic E-state index is 6.11. The molecule has 3 rings (SSSR count). The minimum Gasteiger partial charge on any atom is -0.467 e. The van der Waals surface area contributed by atoms with Crippen LogP contribution in [0.3, 0.4) is 0 Å². The molecule has 0 aliphatic carbocycles. The van der Waals surface area contributed by atoms with E-state index >= 15 is 0 Å². The highest BCUT2D eigenvalue weighted by Gasteiger charge is 2.14. The first kappa shape index (κ1) is 21.9. The van der Waals surface area contributed by atoms with Gasteiger partial charge >= 0.3 is 0 Å². The Balaban J connectivity index is 1.78. The molecule has 0 saturated carbocycles. The second-order valence-electron chi connectivity index (χ2n) is 8.19. The van der Waals surface area contributed by atoms with E-state index in [-0.39, 0.29) is 6.79 Å². The first-order valence-electron chi connectivity index (χ1n) is 9.82. The van der Waals surface area contributed by atoms with Crippen molar-refractivity contribution in [1.82, 2.24) is 20.0 Å². The highest BCUT2D eigenvalue weighted by atomic mass is 28.3. The Hall–Kier alpha value is -2.75. The zero-order valence-corrected chi connectivity index (χ0v) is 19.0. The molecule has 30 heavy (non-hydrogen) atoms. The van der Waals surface area contributed by atoms with Gasteiger partial charge in [0, 0.05) is 44.7 Å². The van der Waals surface area contributed by atoms with Crippen molar-refractivity contribution >= 4 is 13.9 Å². The Morgan fingerprint density at radius 3 is 2.67 bits per heavy atom. The van der Waals surface area contributed by atoms with Crippen molar-refractivity contribution < 1.29 is 14.2 Å². The number of aromatic nitrogens is 4. The summed E-state index contributed by atoms with van der Waals surface area (Å²) in [4.78, 5) is 0. The molecule has 0 bridgehead atoms. The normalized spacial score (nSPS) is 11.6. The van der Waals surface area contributed by atoms with E-state index in [0.717, 1.165) is 29.3 Å². The number of ether oxygens (including phenoxy) is 3. The van der Waals surface area contributed by atoms with Crippen LogP contribution in [-0.4, -0.2) is 48.6 Å². The second-order valence-corrected chi connectivity index (χ2v) is 13.8. The molecule has 2 N–H and O–H groups in total. The first-order valence-corrected chi connectivity index (χ1v) is 13.5. The van der Waals surface area contributed by atoms with E-state index in [4.69, 9.17) is 19.9 Å². The predicted octanol–water partition coefficient (Wildman–Crippen LogP) is 3.88. The van der Waals surface area contributed by atoms with Crippen molar-refractivity contribution in [3.63, 3.8) is 0 Å². The van der Waals surface area contributed by atoms with Gasteiger partial charge < -0.3 is 19.9 Å². The number of hydrogen-bond acceptors (Lipinski definition) is 7. The number of hydrogen-bond donors (Lipinski definition) is 1. The minimum absolute atomic E-state index is 0.150. The van der Waals surface area contributed by atoms with E-state index in [0.29, 0.717) is 24.0 Å². The standard InChI is InChI=1S/C21H29N5O3Si/c1-27-15-29-20-8-6-5-7-17(20)19-11-18(21(22)25-24-19)16-12-23-26(13-16)14-28-9-10-30(2,3)4/h5-8,11-13H,9-10,14-15H2,1-4H3,(H2,22,25). The molecule has 2 aromatic heterocycles. The third-order valence-corrected chi connectivity index (χ3v) is 6.19. The average molecular weight is 428 g/mol. The van der Waals surface area contributed by atoms with Crippen LogP contribution in [0.2, 0.25) is 25.7 Å². The molecule has 9 heteroatoms. The largest absolute Gasteiger partial charge is 0.467 e. The molecule has 160 valence electrons. The van der Waals surface area contributed by atoms with E-state index < -0.39 is 8.07 Å². The van der Waals surface area contributed by atoms with E-state index in [9.17, 15) is 0 Å². The molecular formula is C21H29N5O3Si. The Labute approximate surface area is 178 Å². The maximum Gasteiger partial charge on any atom is 0.188 e. The summed E-state index contributed by atoms with van der Waals surface area (Å²) >= 11 is 0. The predicted molar refractivity (Wildman–Crippen MR) is 120 cm³/mol. The molecule has 0 unspecified atom stereocenters. The fourth-order valence-corrected chi connectivity index (χ4v) is 3.56. The average Bonchev–Trinajstić information content (AvgIpc) is 3.18. The Bertz CT molecular complexity index is 971. The van der Waals surface area contributed by atoms with Crippen LogP contribution in [-0.2, 0) is 16.2 Å². The fourth-order valence-electron chi connectivity index (χ4n) is 2.80. The highest BCUT2D eigenvalue weighted by Crippen LogP contribution is 2.32. The Morgan fingerprint density at radius 1 is 1.10 bits per heavy atom. The number of anilines is 1. The van der Waals surface area contributed by atoms with Crippen molar-refractivity contribution in [3.05, 3.63) is 42.7 Å². The third kappa shape index (κ3) is 5.88. The van der Waals surface area contributed by atoms with Crippen LogP contribution in [0.4, 0.5) is 5.82 Å². The van der Waals surface area contributed by atoms with Gasteiger partial charge in [0.2, 0.25) is 0 Å². The van der Waals surface area contributed by atoms with E-state index in [1.165, 1.54) is 0 Å². The third-order valence-electron chi connectivity index (χ3n) is 4.48. The zero-order chi connectivity index (χ0) is 21.6. The summed E-state index contributed by atoms with van der Waals surface area (Å²) in [7, 11) is 0.473. The van der Waals surface area contributed by atoms with E-state index in [1.54, 1.807) is 18.0 Å². The lowest BCUT2D eigenvalue weighted by Crippen LogP contribution is -2.22. The number of methoxy groups -OCH3 is 1. The summed E-state index contributed by atoms with van der Waals surface area (Å²) in [5, 5.41) is 12.8. The van der Waals surface area contributed by atoms with Crippen LogP contribution in [0, 0.1) is 0 Å². The van der Waals surface area contributed by atoms with Gasteiger partial charge in [-0.2, -0.15) is 5.10 Å². The number of nitrogen functional groups attached to an aromatic ring is 1. The molecule has 0 atom stereocenters. The summed E-state index contributed by atoms with van der Waals surface area (Å²) in [5.41, 5.74) is 9.19. The van der Waals surface area contributed by atoms with Crippen LogP contribution >= 0.6 is 0 Å². The van der Waals surface area contributed by atoms with Crippen LogP contribution in [0.1, 0.15) is 0 Å². The Kier molecular flexibility index (Phi) is 7.19. The van der Waals surface area contributed by atoms with Gasteiger partial charge in [0.05, 0.1) is 11.9 Å². The summed E-state index contributed by atoms with van der Waals surface area (Å²) in [5.74, 6) is 1.00. The molecule has 3 aromatic rings. The van der Waals surface area contributed by atoms with Gasteiger partial charge in [0.25, 0.3) is 0 Å². The van der Waals surface area contributed by atoms with Gasteiger partial charge in [-0.3, -0.25) is 0 Å².